The van der Waals surface area contributed by atoms with Gasteiger partial charge >= 0.3 is 0 Å². The van der Waals surface area contributed by atoms with Crippen molar-refractivity contribution in [2.45, 2.75) is 58.4 Å². The predicted octanol–water partition coefficient (Wildman–Crippen LogP) is 4.66. The highest BCUT2D eigenvalue weighted by Gasteiger charge is 2.16. The molecule has 7 heteroatoms. The first-order valence-corrected chi connectivity index (χ1v) is 11.3. The molecule has 1 aliphatic carbocycles. The molecule has 7 nitrogen and oxygen atoms in total. The van der Waals surface area contributed by atoms with Gasteiger partial charge < -0.3 is 21.7 Å². The fraction of sp³-hybridized carbons (Fsp3) is 0.400. The van der Waals surface area contributed by atoms with E-state index >= 15 is 0 Å². The summed E-state index contributed by atoms with van der Waals surface area (Å²) in [6, 6.07) is 12.1. The molecule has 3 rings (SSSR count). The van der Waals surface area contributed by atoms with Gasteiger partial charge in [-0.25, -0.2) is 0 Å². The predicted molar refractivity (Wildman–Crippen MR) is 127 cm³/mol. The van der Waals surface area contributed by atoms with Crippen LogP contribution in [0.2, 0.25) is 0 Å². The molecule has 32 heavy (non-hydrogen) atoms. The molecule has 1 aliphatic rings. The molecule has 0 radical (unpaired) electrons. The molecule has 0 unspecified atom stereocenters. The molecule has 1 saturated carbocycles. The summed E-state index contributed by atoms with van der Waals surface area (Å²) in [7, 11) is 0. The molecule has 2 aromatic rings. The lowest BCUT2D eigenvalue weighted by Gasteiger charge is -2.21. The van der Waals surface area contributed by atoms with Crippen LogP contribution < -0.4 is 21.7 Å². The zero-order chi connectivity index (χ0) is 22.9. The number of carbonyl (C=O) groups is 3. The number of nitrogens with one attached hydrogen (secondary N) is 3. The van der Waals surface area contributed by atoms with Gasteiger partial charge in [0, 0.05) is 31.3 Å². The lowest BCUT2D eigenvalue weighted by molar-refractivity contribution is -0.116. The van der Waals surface area contributed by atoms with Gasteiger partial charge in [-0.15, -0.1) is 0 Å². The molecule has 0 spiro atoms. The highest BCUT2D eigenvalue weighted by atomic mass is 16.2. The van der Waals surface area contributed by atoms with Crippen LogP contribution in [0.3, 0.4) is 0 Å². The molecule has 0 bridgehead atoms. The van der Waals surface area contributed by atoms with Gasteiger partial charge in [-0.05, 0) is 42.2 Å². The standard InChI is InChI=1S/C25H32N4O3/c1-17(30)27-22-10-6-5-9-21(22)25(32)29-23-15-20(13-12-19(23)16-26)28-24(31)14-11-18-7-3-2-4-8-18/h5-6,9-10,12-13,15,18H,2-4,7-8,11,14,16,26H2,1H3,(H,27,30)(H,28,31)(H,29,32). The Labute approximate surface area is 189 Å². The minimum atomic E-state index is -0.371. The highest BCUT2D eigenvalue weighted by Crippen LogP contribution is 2.28. The van der Waals surface area contributed by atoms with E-state index in [1.54, 1.807) is 42.5 Å². The minimum absolute atomic E-state index is 0.0237. The molecule has 5 N–H and O–H groups in total. The number of carbonyl (C=O) groups excluding carboxylic acids is 3. The van der Waals surface area contributed by atoms with E-state index in [4.69, 9.17) is 5.73 Å². The van der Waals surface area contributed by atoms with Crippen molar-refractivity contribution in [3.63, 3.8) is 0 Å². The van der Waals surface area contributed by atoms with E-state index in [9.17, 15) is 14.4 Å². The third kappa shape index (κ3) is 6.65. The van der Waals surface area contributed by atoms with Crippen molar-refractivity contribution >= 4 is 34.8 Å². The number of nitrogens with two attached hydrogens (primary N) is 1. The summed E-state index contributed by atoms with van der Waals surface area (Å²) in [4.78, 5) is 36.8. The molecule has 0 atom stereocenters. The first-order valence-electron chi connectivity index (χ1n) is 11.3. The lowest BCUT2D eigenvalue weighted by Crippen LogP contribution is -2.18. The Bertz CT molecular complexity index is 967. The molecule has 2 aromatic carbocycles. The molecule has 170 valence electrons. The van der Waals surface area contributed by atoms with E-state index in [1.165, 1.54) is 39.0 Å². The number of benzene rings is 2. The van der Waals surface area contributed by atoms with Gasteiger partial charge in [0.05, 0.1) is 11.3 Å². The average Bonchev–Trinajstić information content (AvgIpc) is 2.78. The normalized spacial score (nSPS) is 13.9. The maximum Gasteiger partial charge on any atom is 0.257 e. The Hall–Kier alpha value is -3.19. The highest BCUT2D eigenvalue weighted by molar-refractivity contribution is 6.10. The SMILES string of the molecule is CC(=O)Nc1ccccc1C(=O)Nc1cc(NC(=O)CCC2CCCCC2)ccc1CN. The first kappa shape index (κ1) is 23.5. The Balaban J connectivity index is 1.67. The summed E-state index contributed by atoms with van der Waals surface area (Å²) < 4.78 is 0. The molecule has 0 saturated heterocycles. The van der Waals surface area contributed by atoms with Crippen LogP contribution >= 0.6 is 0 Å². The quantitative estimate of drug-likeness (QED) is 0.482. The fourth-order valence-electron chi connectivity index (χ4n) is 4.15. The van der Waals surface area contributed by atoms with E-state index in [0.29, 0.717) is 35.0 Å². The second kappa shape index (κ2) is 11.4. The average molecular weight is 437 g/mol. The van der Waals surface area contributed by atoms with Crippen LogP contribution in [-0.2, 0) is 16.1 Å². The van der Waals surface area contributed by atoms with E-state index in [1.807, 2.05) is 0 Å². The molecule has 0 aliphatic heterocycles. The second-order valence-corrected chi connectivity index (χ2v) is 8.35. The van der Waals surface area contributed by atoms with Gasteiger partial charge in [0.15, 0.2) is 0 Å². The van der Waals surface area contributed by atoms with Crippen molar-refractivity contribution in [3.8, 4) is 0 Å². The van der Waals surface area contributed by atoms with E-state index in [-0.39, 0.29) is 24.3 Å². The summed E-state index contributed by atoms with van der Waals surface area (Å²) in [5, 5.41) is 8.47. The minimum Gasteiger partial charge on any atom is -0.326 e. The number of hydrogen-bond acceptors (Lipinski definition) is 4. The Kier molecular flexibility index (Phi) is 8.39. The lowest BCUT2D eigenvalue weighted by atomic mass is 9.86. The van der Waals surface area contributed by atoms with E-state index in [0.717, 1.165) is 12.0 Å². The maximum absolute atomic E-state index is 12.9. The summed E-state index contributed by atoms with van der Waals surface area (Å²) in [5.74, 6) is -0.00680. The van der Waals surface area contributed by atoms with Gasteiger partial charge in [0.1, 0.15) is 0 Å². The molecular formula is C25H32N4O3. The van der Waals surface area contributed by atoms with Crippen molar-refractivity contribution < 1.29 is 14.4 Å². The Morgan fingerprint density at radius 2 is 1.69 bits per heavy atom. The molecule has 3 amide bonds. The van der Waals surface area contributed by atoms with Crippen molar-refractivity contribution in [1.82, 2.24) is 0 Å². The van der Waals surface area contributed by atoms with Gasteiger partial charge in [0.25, 0.3) is 5.91 Å². The van der Waals surface area contributed by atoms with Gasteiger partial charge in [-0.2, -0.15) is 0 Å². The largest absolute Gasteiger partial charge is 0.326 e. The molecule has 0 heterocycles. The third-order valence-corrected chi connectivity index (χ3v) is 5.85. The number of hydrogen-bond donors (Lipinski definition) is 4. The van der Waals surface area contributed by atoms with Gasteiger partial charge in [-0.1, -0.05) is 50.3 Å². The summed E-state index contributed by atoms with van der Waals surface area (Å²) in [6.45, 7) is 1.63. The van der Waals surface area contributed by atoms with Crippen LogP contribution in [0.1, 0.15) is 67.8 Å². The monoisotopic (exact) mass is 436 g/mol. The van der Waals surface area contributed by atoms with Gasteiger partial charge in [0.2, 0.25) is 11.8 Å². The zero-order valence-corrected chi connectivity index (χ0v) is 18.6. The molecule has 0 aromatic heterocycles. The smallest absolute Gasteiger partial charge is 0.257 e. The first-order chi connectivity index (χ1) is 15.5. The topological polar surface area (TPSA) is 113 Å². The van der Waals surface area contributed by atoms with Crippen LogP contribution in [0.5, 0.6) is 0 Å². The second-order valence-electron chi connectivity index (χ2n) is 8.35. The van der Waals surface area contributed by atoms with Crippen LogP contribution in [-0.4, -0.2) is 17.7 Å². The number of amides is 3. The van der Waals surface area contributed by atoms with E-state index < -0.39 is 0 Å². The third-order valence-electron chi connectivity index (χ3n) is 5.85. The van der Waals surface area contributed by atoms with Crippen LogP contribution in [0.25, 0.3) is 0 Å². The number of anilines is 3. The summed E-state index contributed by atoms with van der Waals surface area (Å²) in [5.41, 5.74) is 8.50. The molecular weight excluding hydrogens is 404 g/mol. The number of para-hydroxylation sites is 1. The maximum atomic E-state index is 12.9. The molecule has 1 fully saturated rings. The summed E-state index contributed by atoms with van der Waals surface area (Å²) in [6.07, 6.45) is 7.68. The zero-order valence-electron chi connectivity index (χ0n) is 18.6. The van der Waals surface area contributed by atoms with Gasteiger partial charge in [-0.3, -0.25) is 14.4 Å². The number of rotatable bonds is 8. The van der Waals surface area contributed by atoms with Crippen molar-refractivity contribution in [2.24, 2.45) is 11.7 Å². The van der Waals surface area contributed by atoms with Crippen molar-refractivity contribution in [1.29, 1.82) is 0 Å². The Morgan fingerprint density at radius 3 is 2.41 bits per heavy atom. The van der Waals surface area contributed by atoms with E-state index in [2.05, 4.69) is 16.0 Å². The van der Waals surface area contributed by atoms with Crippen molar-refractivity contribution in [3.05, 3.63) is 53.6 Å². The van der Waals surface area contributed by atoms with Crippen LogP contribution in [0.15, 0.2) is 42.5 Å². The fourth-order valence-corrected chi connectivity index (χ4v) is 4.15. The van der Waals surface area contributed by atoms with Crippen molar-refractivity contribution in [2.75, 3.05) is 16.0 Å². The Morgan fingerprint density at radius 1 is 0.938 bits per heavy atom. The van der Waals surface area contributed by atoms with Crippen LogP contribution in [0.4, 0.5) is 17.1 Å². The van der Waals surface area contributed by atoms with Crippen LogP contribution in [0, 0.1) is 5.92 Å². The summed E-state index contributed by atoms with van der Waals surface area (Å²) >= 11 is 0.